The van der Waals surface area contributed by atoms with Crippen molar-refractivity contribution in [1.82, 2.24) is 19.8 Å². The lowest BCUT2D eigenvalue weighted by atomic mass is 10.2. The van der Waals surface area contributed by atoms with E-state index in [1.165, 1.54) is 4.57 Å². The Hall–Kier alpha value is -3.00. The molecule has 0 bridgehead atoms. The molecule has 1 saturated heterocycles. The lowest BCUT2D eigenvalue weighted by Gasteiger charge is -2.27. The Morgan fingerprint density at radius 1 is 1.17 bits per heavy atom. The van der Waals surface area contributed by atoms with Crippen molar-refractivity contribution in [3.05, 3.63) is 52.6 Å². The molecule has 2 amide bonds. The van der Waals surface area contributed by atoms with E-state index in [1.807, 2.05) is 0 Å². The summed E-state index contributed by atoms with van der Waals surface area (Å²) in [5.74, 6) is 0.212. The highest BCUT2D eigenvalue weighted by atomic mass is 16.2. The van der Waals surface area contributed by atoms with Gasteiger partial charge in [-0.1, -0.05) is 0 Å². The maximum atomic E-state index is 12.2. The SMILES string of the molecule is O=Cc1ccc(-n2ccc(NC(=O)N3CCNCC3)nc2=O)cc1. The van der Waals surface area contributed by atoms with Gasteiger partial charge in [-0.3, -0.25) is 14.7 Å². The van der Waals surface area contributed by atoms with Gasteiger partial charge in [0.25, 0.3) is 0 Å². The number of benzene rings is 1. The molecule has 1 aliphatic heterocycles. The maximum absolute atomic E-state index is 12.2. The number of carbonyl (C=O) groups excluding carboxylic acids is 2. The zero-order valence-corrected chi connectivity index (χ0v) is 12.9. The molecule has 8 nitrogen and oxygen atoms in total. The van der Waals surface area contributed by atoms with E-state index in [0.717, 1.165) is 19.4 Å². The number of nitrogens with zero attached hydrogens (tertiary/aromatic N) is 3. The van der Waals surface area contributed by atoms with Gasteiger partial charge in [-0.05, 0) is 30.3 Å². The second-order valence-corrected chi connectivity index (χ2v) is 5.34. The highest BCUT2D eigenvalue weighted by Gasteiger charge is 2.16. The van der Waals surface area contributed by atoms with Crippen LogP contribution in [-0.4, -0.2) is 52.9 Å². The molecule has 1 aromatic carbocycles. The Labute approximate surface area is 138 Å². The van der Waals surface area contributed by atoms with Crippen molar-refractivity contribution >= 4 is 18.1 Å². The van der Waals surface area contributed by atoms with Crippen LogP contribution >= 0.6 is 0 Å². The Morgan fingerprint density at radius 2 is 1.88 bits per heavy atom. The number of hydrogen-bond acceptors (Lipinski definition) is 5. The van der Waals surface area contributed by atoms with Gasteiger partial charge in [-0.15, -0.1) is 0 Å². The molecule has 0 unspecified atom stereocenters. The van der Waals surface area contributed by atoms with Crippen LogP contribution in [0.1, 0.15) is 10.4 Å². The van der Waals surface area contributed by atoms with Gasteiger partial charge >= 0.3 is 11.7 Å². The van der Waals surface area contributed by atoms with Gasteiger partial charge in [0, 0.05) is 37.9 Å². The fourth-order valence-corrected chi connectivity index (χ4v) is 2.44. The monoisotopic (exact) mass is 327 g/mol. The van der Waals surface area contributed by atoms with E-state index >= 15 is 0 Å². The molecule has 1 aromatic heterocycles. The minimum Gasteiger partial charge on any atom is -0.322 e. The van der Waals surface area contributed by atoms with Gasteiger partial charge in [-0.25, -0.2) is 9.59 Å². The predicted octanol–water partition coefficient (Wildman–Crippen LogP) is 0.482. The van der Waals surface area contributed by atoms with E-state index < -0.39 is 5.69 Å². The molecule has 0 atom stereocenters. The standard InChI is InChI=1S/C16H17N5O3/c22-11-12-1-3-13(4-2-12)21-8-5-14(19-16(21)24)18-15(23)20-9-6-17-7-10-20/h1-5,8,11,17H,6-7,9-10H2,(H,18,19,23,24). The summed E-state index contributed by atoms with van der Waals surface area (Å²) >= 11 is 0. The third kappa shape index (κ3) is 3.49. The van der Waals surface area contributed by atoms with E-state index in [1.54, 1.807) is 41.4 Å². The van der Waals surface area contributed by atoms with Gasteiger partial charge < -0.3 is 10.2 Å². The molecule has 0 radical (unpaired) electrons. The van der Waals surface area contributed by atoms with Crippen molar-refractivity contribution in [3.63, 3.8) is 0 Å². The van der Waals surface area contributed by atoms with Crippen LogP contribution in [-0.2, 0) is 0 Å². The molecule has 0 spiro atoms. The molecule has 3 rings (SSSR count). The third-order valence-electron chi connectivity index (χ3n) is 3.75. The van der Waals surface area contributed by atoms with Gasteiger partial charge in [0.15, 0.2) is 0 Å². The summed E-state index contributed by atoms with van der Waals surface area (Å²) in [5, 5.41) is 5.80. The van der Waals surface area contributed by atoms with Gasteiger partial charge in [0.1, 0.15) is 12.1 Å². The van der Waals surface area contributed by atoms with Gasteiger partial charge in [-0.2, -0.15) is 4.98 Å². The largest absolute Gasteiger partial charge is 0.354 e. The van der Waals surface area contributed by atoms with Crippen LogP contribution in [0.5, 0.6) is 0 Å². The number of carbonyl (C=O) groups is 2. The van der Waals surface area contributed by atoms with Crippen molar-refractivity contribution in [2.24, 2.45) is 0 Å². The predicted molar refractivity (Wildman–Crippen MR) is 88.7 cm³/mol. The molecule has 0 saturated carbocycles. The highest BCUT2D eigenvalue weighted by Crippen LogP contribution is 2.08. The number of nitrogens with one attached hydrogen (secondary N) is 2. The molecule has 8 heteroatoms. The number of amides is 2. The topological polar surface area (TPSA) is 96.3 Å². The Balaban J connectivity index is 1.75. The van der Waals surface area contributed by atoms with Gasteiger partial charge in [0.05, 0.1) is 5.69 Å². The minimum atomic E-state index is -0.507. The van der Waals surface area contributed by atoms with Crippen molar-refractivity contribution < 1.29 is 9.59 Å². The Morgan fingerprint density at radius 3 is 2.50 bits per heavy atom. The van der Waals surface area contributed by atoms with E-state index in [9.17, 15) is 14.4 Å². The second-order valence-electron chi connectivity index (χ2n) is 5.34. The summed E-state index contributed by atoms with van der Waals surface area (Å²) in [6.07, 6.45) is 2.28. The number of anilines is 1. The first kappa shape index (κ1) is 15.9. The van der Waals surface area contributed by atoms with E-state index in [2.05, 4.69) is 15.6 Å². The molecule has 2 heterocycles. The summed E-state index contributed by atoms with van der Waals surface area (Å²) in [5.41, 5.74) is 0.615. The van der Waals surface area contributed by atoms with E-state index in [4.69, 9.17) is 0 Å². The molecule has 1 fully saturated rings. The first-order valence-electron chi connectivity index (χ1n) is 7.59. The third-order valence-corrected chi connectivity index (χ3v) is 3.75. The smallest absolute Gasteiger partial charge is 0.322 e. The summed E-state index contributed by atoms with van der Waals surface area (Å²) < 4.78 is 1.34. The molecular formula is C16H17N5O3. The fourth-order valence-electron chi connectivity index (χ4n) is 2.44. The highest BCUT2D eigenvalue weighted by molar-refractivity contribution is 5.88. The summed E-state index contributed by atoms with van der Waals surface area (Å²) in [6, 6.07) is 7.85. The lowest BCUT2D eigenvalue weighted by Crippen LogP contribution is -2.48. The van der Waals surface area contributed by atoms with Crippen molar-refractivity contribution in [2.45, 2.75) is 0 Å². The van der Waals surface area contributed by atoms with Crippen LogP contribution in [0.3, 0.4) is 0 Å². The molecular weight excluding hydrogens is 310 g/mol. The van der Waals surface area contributed by atoms with E-state index in [-0.39, 0.29) is 11.8 Å². The number of urea groups is 1. The summed E-state index contributed by atoms with van der Waals surface area (Å²) in [6.45, 7) is 2.73. The average molecular weight is 327 g/mol. The zero-order valence-electron chi connectivity index (χ0n) is 12.9. The van der Waals surface area contributed by atoms with Crippen molar-refractivity contribution in [1.29, 1.82) is 0 Å². The number of aldehydes is 1. The first-order chi connectivity index (χ1) is 11.7. The van der Waals surface area contributed by atoms with Crippen LogP contribution in [0, 0.1) is 0 Å². The zero-order chi connectivity index (χ0) is 16.9. The van der Waals surface area contributed by atoms with Crippen LogP contribution in [0.15, 0.2) is 41.3 Å². The quantitative estimate of drug-likeness (QED) is 0.800. The molecule has 0 aliphatic carbocycles. The van der Waals surface area contributed by atoms with E-state index in [0.29, 0.717) is 24.3 Å². The molecule has 2 aromatic rings. The first-order valence-corrected chi connectivity index (χ1v) is 7.59. The van der Waals surface area contributed by atoms with Gasteiger partial charge in [0.2, 0.25) is 0 Å². The molecule has 24 heavy (non-hydrogen) atoms. The average Bonchev–Trinajstić information content (AvgIpc) is 2.63. The molecule has 1 aliphatic rings. The van der Waals surface area contributed by atoms with Crippen LogP contribution in [0.25, 0.3) is 5.69 Å². The Bertz CT molecular complexity index is 794. The second kappa shape index (κ2) is 7.05. The maximum Gasteiger partial charge on any atom is 0.354 e. The normalized spacial score (nSPS) is 14.2. The van der Waals surface area contributed by atoms with Crippen molar-refractivity contribution in [2.75, 3.05) is 31.5 Å². The lowest BCUT2D eigenvalue weighted by molar-refractivity contribution is 0.112. The number of aromatic nitrogens is 2. The number of hydrogen-bond donors (Lipinski definition) is 2. The Kier molecular flexibility index (Phi) is 4.66. The van der Waals surface area contributed by atoms with Crippen LogP contribution in [0.4, 0.5) is 10.6 Å². The number of piperazine rings is 1. The number of rotatable bonds is 3. The van der Waals surface area contributed by atoms with Crippen molar-refractivity contribution in [3.8, 4) is 5.69 Å². The van der Waals surface area contributed by atoms with Crippen LogP contribution in [0.2, 0.25) is 0 Å². The summed E-state index contributed by atoms with van der Waals surface area (Å²) in [7, 11) is 0. The molecule has 124 valence electrons. The summed E-state index contributed by atoms with van der Waals surface area (Å²) in [4.78, 5) is 40.5. The minimum absolute atomic E-state index is 0.212. The fraction of sp³-hybridized carbons (Fsp3) is 0.250. The van der Waals surface area contributed by atoms with Crippen LogP contribution < -0.4 is 16.3 Å². The molecule has 2 N–H and O–H groups in total.